The maximum atomic E-state index is 3.54. The molecule has 1 heterocycles. The first-order valence-electron chi connectivity index (χ1n) is 6.84. The zero-order valence-electron chi connectivity index (χ0n) is 11.9. The molecule has 0 spiro atoms. The molecule has 0 unspecified atom stereocenters. The summed E-state index contributed by atoms with van der Waals surface area (Å²) in [4.78, 5) is 3.43. The molecule has 0 amide bonds. The smallest absolute Gasteiger partial charge is 0.0489 e. The maximum Gasteiger partial charge on any atom is 0.0489 e. The molecule has 0 bridgehead atoms. The van der Waals surface area contributed by atoms with E-state index in [1.165, 1.54) is 22.0 Å². The molecule has 2 heteroatoms. The highest BCUT2D eigenvalue weighted by molar-refractivity contribution is 5.86. The fourth-order valence-corrected chi connectivity index (χ4v) is 2.35. The van der Waals surface area contributed by atoms with Crippen LogP contribution < -0.4 is 5.32 Å². The number of nitrogens with one attached hydrogen (secondary N) is 2. The Kier molecular flexibility index (Phi) is 3.76. The van der Waals surface area contributed by atoms with Gasteiger partial charge >= 0.3 is 0 Å². The number of aryl methyl sites for hydroxylation is 1. The van der Waals surface area contributed by atoms with Crippen molar-refractivity contribution < 1.29 is 0 Å². The summed E-state index contributed by atoms with van der Waals surface area (Å²) in [5.74, 6) is 0. The van der Waals surface area contributed by atoms with Crippen LogP contribution in [0, 0.1) is 0 Å². The van der Waals surface area contributed by atoms with Gasteiger partial charge in [0.05, 0.1) is 0 Å². The van der Waals surface area contributed by atoms with Crippen molar-refractivity contribution in [3.63, 3.8) is 0 Å². The largest absolute Gasteiger partial charge is 0.361 e. The Hall–Kier alpha value is -1.28. The van der Waals surface area contributed by atoms with E-state index in [-0.39, 0.29) is 5.54 Å². The van der Waals surface area contributed by atoms with Crippen molar-refractivity contribution >= 4 is 10.9 Å². The van der Waals surface area contributed by atoms with Crippen LogP contribution in [0.2, 0.25) is 0 Å². The highest BCUT2D eigenvalue weighted by Crippen LogP contribution is 2.22. The number of hydrogen-bond donors (Lipinski definition) is 2. The van der Waals surface area contributed by atoms with Crippen molar-refractivity contribution in [1.29, 1.82) is 0 Å². The van der Waals surface area contributed by atoms with Crippen molar-refractivity contribution in [3.05, 3.63) is 35.5 Å². The van der Waals surface area contributed by atoms with E-state index in [4.69, 9.17) is 0 Å². The van der Waals surface area contributed by atoms with Crippen LogP contribution in [0.25, 0.3) is 10.9 Å². The summed E-state index contributed by atoms with van der Waals surface area (Å²) in [6, 6.07) is 6.59. The molecule has 18 heavy (non-hydrogen) atoms. The molecule has 2 rings (SSSR count). The highest BCUT2D eigenvalue weighted by Gasteiger charge is 2.10. The second kappa shape index (κ2) is 5.15. The minimum absolute atomic E-state index is 0.195. The van der Waals surface area contributed by atoms with Crippen LogP contribution in [-0.4, -0.2) is 17.1 Å². The van der Waals surface area contributed by atoms with Crippen molar-refractivity contribution in [1.82, 2.24) is 10.3 Å². The van der Waals surface area contributed by atoms with Gasteiger partial charge in [0.15, 0.2) is 0 Å². The molecular weight excluding hydrogens is 220 g/mol. The number of rotatable bonds is 4. The molecule has 0 atom stereocenters. The number of benzene rings is 1. The molecular formula is C16H24N2. The van der Waals surface area contributed by atoms with Crippen molar-refractivity contribution in [2.75, 3.05) is 6.54 Å². The van der Waals surface area contributed by atoms with E-state index >= 15 is 0 Å². The van der Waals surface area contributed by atoms with Crippen molar-refractivity contribution in [2.45, 2.75) is 46.1 Å². The maximum absolute atomic E-state index is 3.54. The van der Waals surface area contributed by atoms with Gasteiger partial charge in [0.25, 0.3) is 0 Å². The molecule has 2 aromatic rings. The molecule has 0 saturated heterocycles. The summed E-state index contributed by atoms with van der Waals surface area (Å²) in [5, 5.41) is 4.92. The lowest BCUT2D eigenvalue weighted by atomic mass is 10.0. The van der Waals surface area contributed by atoms with E-state index < -0.39 is 0 Å². The second-order valence-corrected chi connectivity index (χ2v) is 5.93. The second-order valence-electron chi connectivity index (χ2n) is 5.93. The lowest BCUT2D eigenvalue weighted by molar-refractivity contribution is 0.430. The zero-order chi connectivity index (χ0) is 13.2. The van der Waals surface area contributed by atoms with Gasteiger partial charge in [-0.3, -0.25) is 0 Å². The molecule has 2 nitrogen and oxygen atoms in total. The molecule has 2 N–H and O–H groups in total. The number of aromatic nitrogens is 1. The van der Waals surface area contributed by atoms with Gasteiger partial charge < -0.3 is 10.3 Å². The Balaban J connectivity index is 2.15. The Labute approximate surface area is 110 Å². The summed E-state index contributed by atoms with van der Waals surface area (Å²) in [6.07, 6.45) is 4.32. The SMILES string of the molecule is CCc1cccc2c(CCNC(C)(C)C)c[nH]c12. The third-order valence-corrected chi connectivity index (χ3v) is 3.32. The minimum atomic E-state index is 0.195. The molecule has 0 saturated carbocycles. The molecule has 1 aromatic heterocycles. The first-order chi connectivity index (χ1) is 8.51. The van der Waals surface area contributed by atoms with Crippen LogP contribution in [0.1, 0.15) is 38.8 Å². The van der Waals surface area contributed by atoms with Crippen molar-refractivity contribution in [2.24, 2.45) is 0 Å². The molecule has 1 aromatic carbocycles. The topological polar surface area (TPSA) is 27.8 Å². The fourth-order valence-electron chi connectivity index (χ4n) is 2.35. The van der Waals surface area contributed by atoms with E-state index in [2.05, 4.69) is 62.4 Å². The van der Waals surface area contributed by atoms with Crippen LogP contribution in [0.3, 0.4) is 0 Å². The number of H-pyrrole nitrogens is 1. The van der Waals surface area contributed by atoms with Gasteiger partial charge in [-0.1, -0.05) is 25.1 Å². The summed E-state index contributed by atoms with van der Waals surface area (Å²) < 4.78 is 0. The normalized spacial score (nSPS) is 12.2. The third kappa shape index (κ3) is 2.94. The lowest BCUT2D eigenvalue weighted by Gasteiger charge is -2.20. The summed E-state index contributed by atoms with van der Waals surface area (Å²) >= 11 is 0. The van der Waals surface area contributed by atoms with Gasteiger partial charge in [0.2, 0.25) is 0 Å². The summed E-state index contributed by atoms with van der Waals surface area (Å²) in [6.45, 7) is 9.84. The van der Waals surface area contributed by atoms with Crippen LogP contribution >= 0.6 is 0 Å². The molecule has 0 aliphatic rings. The molecule has 98 valence electrons. The molecule has 0 aliphatic heterocycles. The predicted octanol–water partition coefficient (Wildman–Crippen LogP) is 3.66. The Morgan fingerprint density at radius 3 is 2.61 bits per heavy atom. The van der Waals surface area contributed by atoms with Gasteiger partial charge in [-0.15, -0.1) is 0 Å². The van der Waals surface area contributed by atoms with Crippen LogP contribution in [0.5, 0.6) is 0 Å². The Morgan fingerprint density at radius 1 is 1.17 bits per heavy atom. The zero-order valence-corrected chi connectivity index (χ0v) is 11.9. The standard InChI is InChI=1S/C16H24N2/c1-5-12-7-6-8-14-13(11-17-15(12)14)9-10-18-16(2,3)4/h6-8,11,17-18H,5,9-10H2,1-4H3. The predicted molar refractivity (Wildman–Crippen MR) is 79.1 cm³/mol. The van der Waals surface area contributed by atoms with Crippen molar-refractivity contribution in [3.8, 4) is 0 Å². The number of aromatic amines is 1. The highest BCUT2D eigenvalue weighted by atomic mass is 14.9. The van der Waals surface area contributed by atoms with Gasteiger partial charge in [0, 0.05) is 22.6 Å². The Morgan fingerprint density at radius 2 is 1.94 bits per heavy atom. The minimum Gasteiger partial charge on any atom is -0.361 e. The fraction of sp³-hybridized carbons (Fsp3) is 0.500. The molecule has 0 fully saturated rings. The Bertz CT molecular complexity index is 517. The average molecular weight is 244 g/mol. The summed E-state index contributed by atoms with van der Waals surface area (Å²) in [5.41, 5.74) is 4.33. The van der Waals surface area contributed by atoms with E-state index in [9.17, 15) is 0 Å². The van der Waals surface area contributed by atoms with E-state index in [0.29, 0.717) is 0 Å². The number of fused-ring (bicyclic) bond motifs is 1. The first kappa shape index (κ1) is 13.2. The van der Waals surface area contributed by atoms with E-state index in [0.717, 1.165) is 19.4 Å². The van der Waals surface area contributed by atoms with Gasteiger partial charge in [-0.25, -0.2) is 0 Å². The van der Waals surface area contributed by atoms with Crippen LogP contribution in [-0.2, 0) is 12.8 Å². The third-order valence-electron chi connectivity index (χ3n) is 3.32. The van der Waals surface area contributed by atoms with Gasteiger partial charge in [0.1, 0.15) is 0 Å². The number of para-hydroxylation sites is 1. The summed E-state index contributed by atoms with van der Waals surface area (Å²) in [7, 11) is 0. The molecule has 0 radical (unpaired) electrons. The van der Waals surface area contributed by atoms with Gasteiger partial charge in [-0.05, 0) is 51.3 Å². The van der Waals surface area contributed by atoms with Gasteiger partial charge in [-0.2, -0.15) is 0 Å². The first-order valence-corrected chi connectivity index (χ1v) is 6.84. The lowest BCUT2D eigenvalue weighted by Crippen LogP contribution is -2.37. The van der Waals surface area contributed by atoms with E-state index in [1.54, 1.807) is 0 Å². The number of hydrogen-bond acceptors (Lipinski definition) is 1. The molecule has 0 aliphatic carbocycles. The monoisotopic (exact) mass is 244 g/mol. The van der Waals surface area contributed by atoms with E-state index in [1.807, 2.05) is 0 Å². The van der Waals surface area contributed by atoms with Crippen LogP contribution in [0.4, 0.5) is 0 Å². The average Bonchev–Trinajstić information content (AvgIpc) is 2.71. The van der Waals surface area contributed by atoms with Crippen LogP contribution in [0.15, 0.2) is 24.4 Å². The quantitative estimate of drug-likeness (QED) is 0.844.